The van der Waals surface area contributed by atoms with Crippen molar-refractivity contribution in [3.8, 4) is 11.5 Å². The smallest absolute Gasteiger partial charge is 0.329 e. The lowest BCUT2D eigenvalue weighted by atomic mass is 10.1. The van der Waals surface area contributed by atoms with Crippen molar-refractivity contribution in [3.63, 3.8) is 0 Å². The molecular weight excluding hydrogens is 449 g/mol. The Labute approximate surface area is 195 Å². The zero-order valence-corrected chi connectivity index (χ0v) is 18.7. The predicted octanol–water partition coefficient (Wildman–Crippen LogP) is 4.55. The highest BCUT2D eigenvalue weighted by Crippen LogP contribution is 2.29. The number of anilines is 1. The van der Waals surface area contributed by atoms with Crippen molar-refractivity contribution in [1.82, 2.24) is 5.43 Å². The number of nitrogens with zero attached hydrogens (tertiary/aromatic N) is 1. The summed E-state index contributed by atoms with van der Waals surface area (Å²) in [5, 5.41) is 6.93. The van der Waals surface area contributed by atoms with Gasteiger partial charge in [0.15, 0.2) is 11.5 Å². The monoisotopic (exact) mass is 469 g/mol. The highest BCUT2D eigenvalue weighted by atomic mass is 35.5. The van der Waals surface area contributed by atoms with Crippen LogP contribution in [-0.2, 0) is 16.2 Å². The van der Waals surface area contributed by atoms with E-state index >= 15 is 0 Å². The van der Waals surface area contributed by atoms with Crippen LogP contribution in [0.25, 0.3) is 0 Å². The number of carbonyl (C=O) groups excluding carboxylic acids is 2. The summed E-state index contributed by atoms with van der Waals surface area (Å²) in [5.74, 6) is -1.33. The minimum atomic E-state index is -0.930. The normalized spacial score (nSPS) is 11.0. The largest absolute Gasteiger partial charge is 0.493 e. The lowest BCUT2D eigenvalue weighted by Crippen LogP contribution is -2.32. The molecule has 0 heterocycles. The van der Waals surface area contributed by atoms with Gasteiger partial charge in [0.2, 0.25) is 0 Å². The Balaban J connectivity index is 1.63. The Morgan fingerprint density at radius 2 is 1.73 bits per heavy atom. The molecule has 0 aliphatic rings. The molecule has 170 valence electrons. The van der Waals surface area contributed by atoms with E-state index in [9.17, 15) is 14.0 Å². The van der Waals surface area contributed by atoms with E-state index in [1.165, 1.54) is 13.2 Å². The molecular formula is C24H21ClFN3O4. The van der Waals surface area contributed by atoms with Crippen LogP contribution in [0.15, 0.2) is 71.8 Å². The van der Waals surface area contributed by atoms with Gasteiger partial charge in [0.25, 0.3) is 0 Å². The number of hydrogen-bond donors (Lipinski definition) is 2. The van der Waals surface area contributed by atoms with E-state index < -0.39 is 11.8 Å². The number of hydrogen-bond acceptors (Lipinski definition) is 5. The molecule has 0 fully saturated rings. The fourth-order valence-corrected chi connectivity index (χ4v) is 2.88. The standard InChI is InChI=1S/C24H21ClFN3O4/c1-15(28-29-24(31)23(30)27-19-10-8-18(25)9-11-19)16-7-12-21(22(13-16)32-2)33-14-17-5-3-4-6-20(17)26/h3-13H,14H2,1-2H3,(H,27,30)(H,29,31)/b28-15+. The lowest BCUT2D eigenvalue weighted by Gasteiger charge is -2.13. The molecule has 0 saturated heterocycles. The second-order valence-corrected chi connectivity index (χ2v) is 7.28. The van der Waals surface area contributed by atoms with Gasteiger partial charge in [-0.2, -0.15) is 5.10 Å². The number of hydrazone groups is 1. The molecule has 3 aromatic carbocycles. The van der Waals surface area contributed by atoms with Crippen LogP contribution in [-0.4, -0.2) is 24.6 Å². The Morgan fingerprint density at radius 1 is 1.00 bits per heavy atom. The fraction of sp³-hybridized carbons (Fsp3) is 0.125. The quantitative estimate of drug-likeness (QED) is 0.302. The van der Waals surface area contributed by atoms with Gasteiger partial charge in [-0.15, -0.1) is 0 Å². The number of carbonyl (C=O) groups is 2. The molecule has 0 spiro atoms. The Morgan fingerprint density at radius 3 is 2.42 bits per heavy atom. The Hall–Kier alpha value is -3.91. The first-order valence-corrected chi connectivity index (χ1v) is 10.2. The van der Waals surface area contributed by atoms with Crippen LogP contribution in [0.5, 0.6) is 11.5 Å². The molecule has 33 heavy (non-hydrogen) atoms. The van der Waals surface area contributed by atoms with Gasteiger partial charge < -0.3 is 14.8 Å². The van der Waals surface area contributed by atoms with Gasteiger partial charge >= 0.3 is 11.8 Å². The average molecular weight is 470 g/mol. The predicted molar refractivity (Wildman–Crippen MR) is 124 cm³/mol. The minimum Gasteiger partial charge on any atom is -0.493 e. The summed E-state index contributed by atoms with van der Waals surface area (Å²) in [6.45, 7) is 1.69. The van der Waals surface area contributed by atoms with Crippen molar-refractivity contribution < 1.29 is 23.5 Å². The maximum atomic E-state index is 13.8. The zero-order valence-electron chi connectivity index (χ0n) is 17.9. The first-order valence-electron chi connectivity index (χ1n) is 9.83. The van der Waals surface area contributed by atoms with Crippen LogP contribution in [0.3, 0.4) is 0 Å². The van der Waals surface area contributed by atoms with E-state index in [0.717, 1.165) is 0 Å². The molecule has 0 aromatic heterocycles. The summed E-state index contributed by atoms with van der Waals surface area (Å²) in [6.07, 6.45) is 0. The van der Waals surface area contributed by atoms with Gasteiger partial charge in [-0.05, 0) is 55.5 Å². The summed E-state index contributed by atoms with van der Waals surface area (Å²) >= 11 is 5.80. The molecule has 3 aromatic rings. The number of nitrogens with one attached hydrogen (secondary N) is 2. The van der Waals surface area contributed by atoms with Crippen LogP contribution in [0, 0.1) is 5.82 Å². The summed E-state index contributed by atoms with van der Waals surface area (Å²) in [6, 6.07) is 17.7. The van der Waals surface area contributed by atoms with Gasteiger partial charge in [0.1, 0.15) is 12.4 Å². The molecule has 0 saturated carbocycles. The fourth-order valence-electron chi connectivity index (χ4n) is 2.75. The van der Waals surface area contributed by atoms with Crippen molar-refractivity contribution in [2.24, 2.45) is 5.10 Å². The maximum absolute atomic E-state index is 13.8. The van der Waals surface area contributed by atoms with Crippen LogP contribution < -0.4 is 20.2 Å². The number of methoxy groups -OCH3 is 1. The summed E-state index contributed by atoms with van der Waals surface area (Å²) < 4.78 is 24.8. The van der Waals surface area contributed by atoms with Gasteiger partial charge in [0.05, 0.1) is 12.8 Å². The Bertz CT molecular complexity index is 1180. The van der Waals surface area contributed by atoms with Crippen LogP contribution in [0.4, 0.5) is 10.1 Å². The molecule has 0 aliphatic carbocycles. The topological polar surface area (TPSA) is 89.0 Å². The molecule has 2 amide bonds. The van der Waals surface area contributed by atoms with Crippen molar-refractivity contribution in [1.29, 1.82) is 0 Å². The van der Waals surface area contributed by atoms with E-state index in [1.54, 1.807) is 67.6 Å². The molecule has 0 bridgehead atoms. The molecule has 9 heteroatoms. The van der Waals surface area contributed by atoms with E-state index in [2.05, 4.69) is 15.8 Å². The van der Waals surface area contributed by atoms with Gasteiger partial charge in [-0.25, -0.2) is 9.82 Å². The number of halogens is 2. The molecule has 0 aliphatic heterocycles. The van der Waals surface area contributed by atoms with E-state index in [1.807, 2.05) is 0 Å². The van der Waals surface area contributed by atoms with Gasteiger partial charge in [-0.3, -0.25) is 9.59 Å². The lowest BCUT2D eigenvalue weighted by molar-refractivity contribution is -0.136. The first kappa shape index (κ1) is 23.7. The molecule has 0 radical (unpaired) electrons. The maximum Gasteiger partial charge on any atom is 0.329 e. The number of benzene rings is 3. The van der Waals surface area contributed by atoms with E-state index in [0.29, 0.717) is 39.0 Å². The number of rotatable bonds is 7. The highest BCUT2D eigenvalue weighted by molar-refractivity contribution is 6.39. The SMILES string of the molecule is COc1cc(/C(C)=N/NC(=O)C(=O)Nc2ccc(Cl)cc2)ccc1OCc1ccccc1F. The zero-order chi connectivity index (χ0) is 23.8. The molecule has 2 N–H and O–H groups in total. The van der Waals surface area contributed by atoms with Crippen molar-refractivity contribution in [3.05, 3.63) is 88.7 Å². The van der Waals surface area contributed by atoms with Gasteiger partial charge in [-0.1, -0.05) is 29.8 Å². The van der Waals surface area contributed by atoms with Crippen LogP contribution >= 0.6 is 11.6 Å². The van der Waals surface area contributed by atoms with E-state index in [-0.39, 0.29) is 12.4 Å². The third kappa shape index (κ3) is 6.54. The summed E-state index contributed by atoms with van der Waals surface area (Å²) in [7, 11) is 1.48. The molecule has 0 atom stereocenters. The molecule has 3 rings (SSSR count). The van der Waals surface area contributed by atoms with Crippen LogP contribution in [0.2, 0.25) is 5.02 Å². The molecule has 7 nitrogen and oxygen atoms in total. The van der Waals surface area contributed by atoms with Crippen molar-refractivity contribution in [2.75, 3.05) is 12.4 Å². The average Bonchev–Trinajstić information content (AvgIpc) is 2.83. The minimum absolute atomic E-state index is 0.0360. The van der Waals surface area contributed by atoms with Crippen molar-refractivity contribution in [2.45, 2.75) is 13.5 Å². The first-order chi connectivity index (χ1) is 15.9. The number of ether oxygens (including phenoxy) is 2. The van der Waals surface area contributed by atoms with E-state index in [4.69, 9.17) is 21.1 Å². The summed E-state index contributed by atoms with van der Waals surface area (Å²) in [5.41, 5.74) is 4.12. The third-order valence-electron chi connectivity index (χ3n) is 4.56. The van der Waals surface area contributed by atoms with Crippen LogP contribution in [0.1, 0.15) is 18.1 Å². The third-order valence-corrected chi connectivity index (χ3v) is 4.81. The number of amides is 2. The summed E-state index contributed by atoms with van der Waals surface area (Å²) in [4.78, 5) is 24.1. The Kier molecular flexibility index (Phi) is 7.99. The molecule has 0 unspecified atom stereocenters. The highest BCUT2D eigenvalue weighted by Gasteiger charge is 2.14. The second-order valence-electron chi connectivity index (χ2n) is 6.84. The van der Waals surface area contributed by atoms with Crippen molar-refractivity contribution >= 4 is 34.8 Å². The van der Waals surface area contributed by atoms with Gasteiger partial charge in [0, 0.05) is 21.8 Å². The second kappa shape index (κ2) is 11.1.